The summed E-state index contributed by atoms with van der Waals surface area (Å²) >= 11 is 0. The largest absolute Gasteiger partial charge is 0.313 e. The highest BCUT2D eigenvalue weighted by Crippen LogP contribution is 2.27. The van der Waals surface area contributed by atoms with Crippen LogP contribution in [0.5, 0.6) is 0 Å². The van der Waals surface area contributed by atoms with Gasteiger partial charge in [-0.1, -0.05) is 37.3 Å². The van der Waals surface area contributed by atoms with E-state index < -0.39 is 0 Å². The van der Waals surface area contributed by atoms with Crippen LogP contribution < -0.4 is 5.32 Å². The lowest BCUT2D eigenvalue weighted by Crippen LogP contribution is -2.12. The average molecular weight is 243 g/mol. The topological polar surface area (TPSA) is 12.0 Å². The fourth-order valence-electron chi connectivity index (χ4n) is 2.08. The van der Waals surface area contributed by atoms with Gasteiger partial charge in [-0.2, -0.15) is 0 Å². The Morgan fingerprint density at radius 2 is 1.83 bits per heavy atom. The van der Waals surface area contributed by atoms with Gasteiger partial charge < -0.3 is 5.32 Å². The van der Waals surface area contributed by atoms with Gasteiger partial charge in [0.2, 0.25) is 0 Å². The van der Waals surface area contributed by atoms with E-state index >= 15 is 0 Å². The Hall–Kier alpha value is -1.67. The molecule has 2 aromatic rings. The Balaban J connectivity index is 2.46. The van der Waals surface area contributed by atoms with Gasteiger partial charge in [0.25, 0.3) is 0 Å². The molecule has 0 saturated carbocycles. The normalized spacial score (nSPS) is 10.6. The second kappa shape index (κ2) is 5.78. The van der Waals surface area contributed by atoms with Gasteiger partial charge in [-0.25, -0.2) is 4.39 Å². The summed E-state index contributed by atoms with van der Waals surface area (Å²) in [6.07, 6.45) is 0. The molecule has 0 aliphatic heterocycles. The summed E-state index contributed by atoms with van der Waals surface area (Å²) in [5.41, 5.74) is 4.38. The molecule has 0 fully saturated rings. The van der Waals surface area contributed by atoms with E-state index in [0.29, 0.717) is 0 Å². The van der Waals surface area contributed by atoms with Crippen molar-refractivity contribution in [1.82, 2.24) is 5.32 Å². The molecule has 2 rings (SSSR count). The van der Waals surface area contributed by atoms with Gasteiger partial charge in [0, 0.05) is 6.54 Å². The fraction of sp³-hybridized carbons (Fsp3) is 0.250. The Morgan fingerprint density at radius 3 is 2.61 bits per heavy atom. The van der Waals surface area contributed by atoms with E-state index in [1.807, 2.05) is 25.1 Å². The van der Waals surface area contributed by atoms with Crippen LogP contribution in [0.15, 0.2) is 42.5 Å². The molecule has 0 atom stereocenters. The molecule has 0 aliphatic carbocycles. The molecule has 2 aromatic carbocycles. The zero-order valence-corrected chi connectivity index (χ0v) is 10.8. The predicted octanol–water partition coefficient (Wildman–Crippen LogP) is 3.91. The Kier molecular flexibility index (Phi) is 4.11. The summed E-state index contributed by atoms with van der Waals surface area (Å²) in [4.78, 5) is 0. The highest BCUT2D eigenvalue weighted by Gasteiger charge is 2.07. The van der Waals surface area contributed by atoms with Crippen LogP contribution in [0.2, 0.25) is 0 Å². The number of hydrogen-bond acceptors (Lipinski definition) is 1. The van der Waals surface area contributed by atoms with Crippen LogP contribution in [0.4, 0.5) is 4.39 Å². The summed E-state index contributed by atoms with van der Waals surface area (Å²) in [6.45, 7) is 5.83. The lowest BCUT2D eigenvalue weighted by atomic mass is 9.96. The monoisotopic (exact) mass is 243 g/mol. The number of hydrogen-bond donors (Lipinski definition) is 1. The first-order chi connectivity index (χ1) is 8.72. The molecule has 0 aliphatic rings. The van der Waals surface area contributed by atoms with E-state index in [1.54, 1.807) is 6.07 Å². The van der Waals surface area contributed by atoms with Crippen LogP contribution in [0, 0.1) is 12.7 Å². The summed E-state index contributed by atoms with van der Waals surface area (Å²) in [5, 5.41) is 3.32. The van der Waals surface area contributed by atoms with Crippen molar-refractivity contribution in [2.45, 2.75) is 20.4 Å². The molecule has 1 N–H and O–H groups in total. The van der Waals surface area contributed by atoms with E-state index in [9.17, 15) is 4.39 Å². The van der Waals surface area contributed by atoms with E-state index in [4.69, 9.17) is 0 Å². The Labute approximate surface area is 108 Å². The maximum Gasteiger partial charge on any atom is 0.123 e. The Morgan fingerprint density at radius 1 is 1.06 bits per heavy atom. The molecule has 0 spiro atoms. The first-order valence-electron chi connectivity index (χ1n) is 6.27. The van der Waals surface area contributed by atoms with E-state index in [2.05, 4.69) is 24.4 Å². The minimum atomic E-state index is -0.186. The number of aryl methyl sites for hydroxylation is 1. The lowest BCUT2D eigenvalue weighted by Gasteiger charge is -2.12. The third-order valence-electron chi connectivity index (χ3n) is 3.07. The molecular weight excluding hydrogens is 225 g/mol. The van der Waals surface area contributed by atoms with Gasteiger partial charge >= 0.3 is 0 Å². The van der Waals surface area contributed by atoms with Gasteiger partial charge in [-0.15, -0.1) is 0 Å². The number of rotatable bonds is 4. The zero-order valence-electron chi connectivity index (χ0n) is 10.8. The molecule has 0 bridgehead atoms. The smallest absolute Gasteiger partial charge is 0.123 e. The quantitative estimate of drug-likeness (QED) is 0.858. The van der Waals surface area contributed by atoms with Crippen LogP contribution in [-0.4, -0.2) is 6.54 Å². The highest BCUT2D eigenvalue weighted by atomic mass is 19.1. The highest BCUT2D eigenvalue weighted by molar-refractivity contribution is 5.70. The minimum Gasteiger partial charge on any atom is -0.313 e. The van der Waals surface area contributed by atoms with Crippen molar-refractivity contribution in [2.75, 3.05) is 6.54 Å². The Bertz CT molecular complexity index is 534. The van der Waals surface area contributed by atoms with Crippen molar-refractivity contribution >= 4 is 0 Å². The molecule has 2 heteroatoms. The van der Waals surface area contributed by atoms with Crippen molar-refractivity contribution in [1.29, 1.82) is 0 Å². The summed E-state index contributed by atoms with van der Waals surface area (Å²) in [5.74, 6) is -0.186. The number of benzene rings is 2. The zero-order chi connectivity index (χ0) is 13.0. The van der Waals surface area contributed by atoms with E-state index in [-0.39, 0.29) is 5.82 Å². The predicted molar refractivity (Wildman–Crippen MR) is 74.0 cm³/mol. The summed E-state index contributed by atoms with van der Waals surface area (Å²) in [7, 11) is 0. The van der Waals surface area contributed by atoms with Gasteiger partial charge in [-0.05, 0) is 47.9 Å². The first kappa shape index (κ1) is 12.8. The van der Waals surface area contributed by atoms with Gasteiger partial charge in [-0.3, -0.25) is 0 Å². The molecule has 18 heavy (non-hydrogen) atoms. The van der Waals surface area contributed by atoms with Gasteiger partial charge in [0.15, 0.2) is 0 Å². The van der Waals surface area contributed by atoms with E-state index in [1.165, 1.54) is 11.6 Å². The summed E-state index contributed by atoms with van der Waals surface area (Å²) in [6, 6.07) is 13.1. The van der Waals surface area contributed by atoms with Crippen molar-refractivity contribution in [2.24, 2.45) is 0 Å². The summed E-state index contributed by atoms with van der Waals surface area (Å²) < 4.78 is 13.4. The van der Waals surface area contributed by atoms with E-state index in [0.717, 1.165) is 29.8 Å². The van der Waals surface area contributed by atoms with Crippen LogP contribution in [0.3, 0.4) is 0 Å². The molecule has 0 heterocycles. The average Bonchev–Trinajstić information content (AvgIpc) is 2.39. The minimum absolute atomic E-state index is 0.186. The first-order valence-corrected chi connectivity index (χ1v) is 6.27. The SMILES string of the molecule is CCNCc1ccccc1-c1cc(F)ccc1C. The van der Waals surface area contributed by atoms with Gasteiger partial charge in [0.1, 0.15) is 5.82 Å². The van der Waals surface area contributed by atoms with Crippen molar-refractivity contribution in [3.8, 4) is 11.1 Å². The lowest BCUT2D eigenvalue weighted by molar-refractivity contribution is 0.628. The molecular formula is C16H18FN. The third kappa shape index (κ3) is 2.77. The third-order valence-corrected chi connectivity index (χ3v) is 3.07. The van der Waals surface area contributed by atoms with Gasteiger partial charge in [0.05, 0.1) is 0 Å². The standard InChI is InChI=1S/C16H18FN/c1-3-18-11-13-6-4-5-7-15(13)16-10-14(17)9-8-12(16)2/h4-10,18H,3,11H2,1-2H3. The molecule has 0 saturated heterocycles. The molecule has 0 aromatic heterocycles. The number of nitrogens with one attached hydrogen (secondary N) is 1. The fourth-order valence-corrected chi connectivity index (χ4v) is 2.08. The number of halogens is 1. The van der Waals surface area contributed by atoms with Crippen molar-refractivity contribution in [3.05, 3.63) is 59.4 Å². The maximum atomic E-state index is 13.4. The molecule has 1 nitrogen and oxygen atoms in total. The van der Waals surface area contributed by atoms with Crippen molar-refractivity contribution in [3.63, 3.8) is 0 Å². The van der Waals surface area contributed by atoms with Crippen molar-refractivity contribution < 1.29 is 4.39 Å². The molecule has 0 unspecified atom stereocenters. The van der Waals surface area contributed by atoms with Crippen LogP contribution in [-0.2, 0) is 6.54 Å². The second-order valence-corrected chi connectivity index (χ2v) is 4.40. The molecule has 94 valence electrons. The van der Waals surface area contributed by atoms with Crippen LogP contribution in [0.1, 0.15) is 18.1 Å². The maximum absolute atomic E-state index is 13.4. The van der Waals surface area contributed by atoms with Crippen LogP contribution >= 0.6 is 0 Å². The van der Waals surface area contributed by atoms with Crippen LogP contribution in [0.25, 0.3) is 11.1 Å². The molecule has 0 amide bonds. The second-order valence-electron chi connectivity index (χ2n) is 4.40. The molecule has 0 radical (unpaired) electrons.